The van der Waals surface area contributed by atoms with E-state index in [2.05, 4.69) is 4.72 Å². The second-order valence-corrected chi connectivity index (χ2v) is 8.36. The fraction of sp³-hybridized carbons (Fsp3) is 0.350. The number of rotatable bonds is 6. The van der Waals surface area contributed by atoms with Crippen molar-refractivity contribution in [2.24, 2.45) is 0 Å². The Bertz CT molecular complexity index is 884. The molecule has 1 aliphatic heterocycles. The number of benzene rings is 2. The van der Waals surface area contributed by atoms with Crippen LogP contribution in [-0.2, 0) is 14.8 Å². The number of carbonyl (C=O) groups excluding carboxylic acids is 1. The Morgan fingerprint density at radius 1 is 1.19 bits per heavy atom. The first kappa shape index (κ1) is 19.4. The van der Waals surface area contributed by atoms with E-state index in [0.717, 1.165) is 5.56 Å². The average Bonchev–Trinajstić information content (AvgIpc) is 2.68. The largest absolute Gasteiger partial charge is 0.370 e. The molecule has 2 aromatic rings. The van der Waals surface area contributed by atoms with Crippen LogP contribution in [0.3, 0.4) is 0 Å². The summed E-state index contributed by atoms with van der Waals surface area (Å²) < 4.78 is 32.3. The van der Waals surface area contributed by atoms with E-state index in [1.54, 1.807) is 36.1 Å². The highest BCUT2D eigenvalue weighted by atomic mass is 32.2. The third-order valence-electron chi connectivity index (χ3n) is 4.38. The number of hydrogen-bond acceptors (Lipinski definition) is 4. The van der Waals surface area contributed by atoms with Crippen molar-refractivity contribution in [3.05, 3.63) is 65.7 Å². The molecule has 6 nitrogen and oxygen atoms in total. The van der Waals surface area contributed by atoms with Crippen LogP contribution < -0.4 is 4.72 Å². The first-order valence-corrected chi connectivity index (χ1v) is 10.7. The standard InChI is InChI=1S/C20H24N2O4S/c1-2-13-27(24,25)21-18-10-6-9-17(14-18)20(23)22-11-12-26-19(15-22)16-7-4-3-5-8-16/h3-10,14,19,21H,2,11-13,15H2,1H3. The molecule has 144 valence electrons. The lowest BCUT2D eigenvalue weighted by molar-refractivity contribution is -0.0228. The maximum atomic E-state index is 12.9. The molecule has 27 heavy (non-hydrogen) atoms. The average molecular weight is 388 g/mol. The Kier molecular flexibility index (Phi) is 6.13. The van der Waals surface area contributed by atoms with Gasteiger partial charge in [0.15, 0.2) is 0 Å². The van der Waals surface area contributed by atoms with Crippen LogP contribution >= 0.6 is 0 Å². The van der Waals surface area contributed by atoms with Gasteiger partial charge in [-0.3, -0.25) is 9.52 Å². The monoisotopic (exact) mass is 388 g/mol. The number of sulfonamides is 1. The fourth-order valence-corrected chi connectivity index (χ4v) is 4.23. The van der Waals surface area contributed by atoms with Gasteiger partial charge in [-0.15, -0.1) is 0 Å². The highest BCUT2D eigenvalue weighted by molar-refractivity contribution is 7.92. The third-order valence-corrected chi connectivity index (χ3v) is 5.87. The quantitative estimate of drug-likeness (QED) is 0.825. The summed E-state index contributed by atoms with van der Waals surface area (Å²) in [6, 6.07) is 16.4. The number of nitrogens with zero attached hydrogens (tertiary/aromatic N) is 1. The van der Waals surface area contributed by atoms with Gasteiger partial charge in [-0.2, -0.15) is 0 Å². The highest BCUT2D eigenvalue weighted by Crippen LogP contribution is 2.23. The normalized spacial score (nSPS) is 17.5. The minimum absolute atomic E-state index is 0.0490. The van der Waals surface area contributed by atoms with Gasteiger partial charge in [-0.05, 0) is 30.2 Å². The van der Waals surface area contributed by atoms with E-state index in [9.17, 15) is 13.2 Å². The second-order valence-electron chi connectivity index (χ2n) is 6.52. The molecule has 1 aliphatic rings. The summed E-state index contributed by atoms with van der Waals surface area (Å²) in [5, 5.41) is 0. The van der Waals surface area contributed by atoms with Crippen molar-refractivity contribution in [3.63, 3.8) is 0 Å². The lowest BCUT2D eigenvalue weighted by Gasteiger charge is -2.33. The smallest absolute Gasteiger partial charge is 0.254 e. The molecule has 0 aliphatic carbocycles. The number of morpholine rings is 1. The van der Waals surface area contributed by atoms with E-state index in [1.165, 1.54) is 0 Å². The highest BCUT2D eigenvalue weighted by Gasteiger charge is 2.26. The molecule has 7 heteroatoms. The van der Waals surface area contributed by atoms with Gasteiger partial charge in [0.1, 0.15) is 6.10 Å². The Labute approximate surface area is 160 Å². The zero-order chi connectivity index (χ0) is 19.3. The summed E-state index contributed by atoms with van der Waals surface area (Å²) >= 11 is 0. The summed E-state index contributed by atoms with van der Waals surface area (Å²) in [6.07, 6.45) is 0.373. The zero-order valence-corrected chi connectivity index (χ0v) is 16.1. The number of ether oxygens (including phenoxy) is 1. The van der Waals surface area contributed by atoms with Gasteiger partial charge in [-0.25, -0.2) is 8.42 Å². The van der Waals surface area contributed by atoms with E-state index in [1.807, 2.05) is 30.3 Å². The lowest BCUT2D eigenvalue weighted by Crippen LogP contribution is -2.42. The molecule has 1 unspecified atom stereocenters. The van der Waals surface area contributed by atoms with Crippen LogP contribution in [0, 0.1) is 0 Å². The summed E-state index contributed by atoms with van der Waals surface area (Å²) in [7, 11) is -3.39. The van der Waals surface area contributed by atoms with Crippen molar-refractivity contribution in [2.45, 2.75) is 19.4 Å². The van der Waals surface area contributed by atoms with Crippen molar-refractivity contribution in [2.75, 3.05) is 30.2 Å². The molecular weight excluding hydrogens is 364 g/mol. The Morgan fingerprint density at radius 3 is 2.70 bits per heavy atom. The summed E-state index contributed by atoms with van der Waals surface area (Å²) in [4.78, 5) is 14.7. The molecule has 1 saturated heterocycles. The lowest BCUT2D eigenvalue weighted by atomic mass is 10.1. The maximum Gasteiger partial charge on any atom is 0.254 e. The van der Waals surface area contributed by atoms with E-state index in [4.69, 9.17) is 4.74 Å². The first-order valence-electron chi connectivity index (χ1n) is 9.05. The van der Waals surface area contributed by atoms with Gasteiger partial charge in [0.2, 0.25) is 10.0 Å². The molecule has 0 saturated carbocycles. The molecule has 1 heterocycles. The third kappa shape index (κ3) is 5.08. The minimum atomic E-state index is -3.39. The molecule has 2 aromatic carbocycles. The molecule has 0 spiro atoms. The Morgan fingerprint density at radius 2 is 1.96 bits per heavy atom. The van der Waals surface area contributed by atoms with Crippen molar-refractivity contribution >= 4 is 21.6 Å². The number of amides is 1. The molecule has 3 rings (SSSR count). The van der Waals surface area contributed by atoms with Gasteiger partial charge in [0.25, 0.3) is 5.91 Å². The van der Waals surface area contributed by atoms with E-state index in [-0.39, 0.29) is 17.8 Å². The van der Waals surface area contributed by atoms with Gasteiger partial charge < -0.3 is 9.64 Å². The van der Waals surface area contributed by atoms with E-state index < -0.39 is 10.0 Å². The first-order chi connectivity index (χ1) is 13.0. The van der Waals surface area contributed by atoms with Crippen molar-refractivity contribution < 1.29 is 17.9 Å². The second kappa shape index (κ2) is 8.54. The Balaban J connectivity index is 1.73. The van der Waals surface area contributed by atoms with Gasteiger partial charge in [0.05, 0.1) is 18.9 Å². The van der Waals surface area contributed by atoms with Crippen molar-refractivity contribution in [1.29, 1.82) is 0 Å². The van der Waals surface area contributed by atoms with Crippen LogP contribution in [-0.4, -0.2) is 44.7 Å². The topological polar surface area (TPSA) is 75.7 Å². The molecular formula is C20H24N2O4S. The fourth-order valence-electron chi connectivity index (χ4n) is 3.10. The summed E-state index contributed by atoms with van der Waals surface area (Å²) in [5.41, 5.74) is 1.90. The molecule has 0 radical (unpaired) electrons. The Hall–Kier alpha value is -2.38. The molecule has 1 N–H and O–H groups in total. The van der Waals surface area contributed by atoms with Crippen LogP contribution in [0.2, 0.25) is 0 Å². The van der Waals surface area contributed by atoms with E-state index >= 15 is 0 Å². The zero-order valence-electron chi connectivity index (χ0n) is 15.3. The molecule has 0 bridgehead atoms. The number of anilines is 1. The molecule has 1 atom stereocenters. The van der Waals surface area contributed by atoms with Crippen LogP contribution in [0.15, 0.2) is 54.6 Å². The van der Waals surface area contributed by atoms with Crippen molar-refractivity contribution in [3.8, 4) is 0 Å². The van der Waals surface area contributed by atoms with Gasteiger partial charge in [0, 0.05) is 17.8 Å². The predicted octanol–water partition coefficient (Wildman–Crippen LogP) is 3.05. The molecule has 1 fully saturated rings. The molecule has 1 amide bonds. The summed E-state index contributed by atoms with van der Waals surface area (Å²) in [5.74, 6) is -0.0799. The SMILES string of the molecule is CCCS(=O)(=O)Nc1cccc(C(=O)N2CCOC(c3ccccc3)C2)c1. The number of hydrogen-bond donors (Lipinski definition) is 1. The number of nitrogens with one attached hydrogen (secondary N) is 1. The van der Waals surface area contributed by atoms with Crippen LogP contribution in [0.25, 0.3) is 0 Å². The summed E-state index contributed by atoms with van der Waals surface area (Å²) in [6.45, 7) is 3.25. The maximum absolute atomic E-state index is 12.9. The van der Waals surface area contributed by atoms with Gasteiger partial charge in [-0.1, -0.05) is 43.3 Å². The van der Waals surface area contributed by atoms with Crippen LogP contribution in [0.5, 0.6) is 0 Å². The number of carbonyl (C=O) groups is 1. The van der Waals surface area contributed by atoms with Crippen LogP contribution in [0.1, 0.15) is 35.4 Å². The minimum Gasteiger partial charge on any atom is -0.370 e. The molecule has 0 aromatic heterocycles. The van der Waals surface area contributed by atoms with Crippen LogP contribution in [0.4, 0.5) is 5.69 Å². The predicted molar refractivity (Wildman–Crippen MR) is 105 cm³/mol. The van der Waals surface area contributed by atoms with Gasteiger partial charge >= 0.3 is 0 Å². The van der Waals surface area contributed by atoms with Crippen molar-refractivity contribution in [1.82, 2.24) is 4.90 Å². The van der Waals surface area contributed by atoms with E-state index in [0.29, 0.717) is 37.4 Å².